The molecule has 0 saturated heterocycles. The molecule has 62 valence electrons. The van der Waals surface area contributed by atoms with E-state index in [1.807, 2.05) is 0 Å². The zero-order valence-corrected chi connectivity index (χ0v) is 7.01. The number of ketones is 1. The van der Waals surface area contributed by atoms with E-state index in [4.69, 9.17) is 0 Å². The lowest BCUT2D eigenvalue weighted by molar-refractivity contribution is -0.150. The van der Waals surface area contributed by atoms with Crippen molar-refractivity contribution in [3.63, 3.8) is 0 Å². The van der Waals surface area contributed by atoms with Gasteiger partial charge in [0.05, 0.1) is 0 Å². The van der Waals surface area contributed by atoms with Gasteiger partial charge in [0.1, 0.15) is 0 Å². The molecule has 0 fully saturated rings. The van der Waals surface area contributed by atoms with Crippen molar-refractivity contribution in [3.8, 4) is 0 Å². The third-order valence-corrected chi connectivity index (χ3v) is 1.13. The predicted octanol–water partition coefficient (Wildman–Crippen LogP) is 1.08. The molecule has 0 spiro atoms. The van der Waals surface area contributed by atoms with Crippen LogP contribution < -0.4 is 0 Å². The Kier molecular flexibility index (Phi) is 3.51. The second-order valence-corrected chi connectivity index (χ2v) is 2.40. The molecule has 0 aromatic heterocycles. The number of ether oxygens (including phenoxy) is 1. The summed E-state index contributed by atoms with van der Waals surface area (Å²) >= 11 is 0. The van der Waals surface area contributed by atoms with Gasteiger partial charge in [-0.2, -0.15) is 0 Å². The van der Waals surface area contributed by atoms with E-state index in [1.165, 1.54) is 13.8 Å². The van der Waals surface area contributed by atoms with E-state index >= 15 is 0 Å². The first kappa shape index (κ1) is 9.88. The molecule has 0 rings (SSSR count). The third-order valence-electron chi connectivity index (χ3n) is 1.13. The fourth-order valence-corrected chi connectivity index (χ4v) is 0.649. The Morgan fingerprint density at radius 3 is 2.09 bits per heavy atom. The van der Waals surface area contributed by atoms with Crippen LogP contribution in [0, 0.1) is 0 Å². The average Bonchev–Trinajstić information content (AvgIpc) is 1.84. The molecule has 0 amide bonds. The van der Waals surface area contributed by atoms with Crippen molar-refractivity contribution >= 4 is 11.8 Å². The van der Waals surface area contributed by atoms with Crippen LogP contribution >= 0.6 is 0 Å². The minimum atomic E-state index is -0.704. The van der Waals surface area contributed by atoms with Gasteiger partial charge in [-0.3, -0.25) is 9.59 Å². The summed E-state index contributed by atoms with van der Waals surface area (Å²) in [6.45, 7) is 7.82. The monoisotopic (exact) mass is 156 g/mol. The molecule has 0 heterocycles. The van der Waals surface area contributed by atoms with Crippen LogP contribution in [0.5, 0.6) is 0 Å². The molecule has 0 saturated carbocycles. The van der Waals surface area contributed by atoms with Crippen molar-refractivity contribution in [1.29, 1.82) is 0 Å². The summed E-state index contributed by atoms with van der Waals surface area (Å²) in [6, 6.07) is 0. The molecule has 3 nitrogen and oxygen atoms in total. The molecule has 3 heteroatoms. The summed E-state index contributed by atoms with van der Waals surface area (Å²) in [6.07, 6.45) is -0.704. The van der Waals surface area contributed by atoms with E-state index in [0.29, 0.717) is 5.57 Å². The lowest BCUT2D eigenvalue weighted by Gasteiger charge is -2.09. The van der Waals surface area contributed by atoms with Crippen molar-refractivity contribution in [1.82, 2.24) is 0 Å². The molecule has 0 aromatic carbocycles. The Morgan fingerprint density at radius 2 is 1.82 bits per heavy atom. The molecule has 0 unspecified atom stereocenters. The first-order chi connectivity index (χ1) is 4.95. The summed E-state index contributed by atoms with van der Waals surface area (Å²) < 4.78 is 4.62. The zero-order valence-electron chi connectivity index (χ0n) is 7.01. The summed E-state index contributed by atoms with van der Waals surface area (Å²) in [5.41, 5.74) is 0.402. The van der Waals surface area contributed by atoms with Gasteiger partial charge in [0.25, 0.3) is 0 Å². The lowest BCUT2D eigenvalue weighted by atomic mass is 10.1. The minimum absolute atomic E-state index is 0.236. The van der Waals surface area contributed by atoms with Crippen molar-refractivity contribution in [3.05, 3.63) is 12.2 Å². The maximum atomic E-state index is 11.0. The van der Waals surface area contributed by atoms with Gasteiger partial charge in [0, 0.05) is 6.92 Å². The number of carbonyl (C=O) groups excluding carboxylic acids is 2. The topological polar surface area (TPSA) is 43.4 Å². The van der Waals surface area contributed by atoms with E-state index in [1.54, 1.807) is 6.92 Å². The van der Waals surface area contributed by atoms with Crippen molar-refractivity contribution in [2.24, 2.45) is 0 Å². The van der Waals surface area contributed by atoms with E-state index < -0.39 is 12.1 Å². The number of esters is 1. The van der Waals surface area contributed by atoms with E-state index in [0.717, 1.165) is 0 Å². The quantitative estimate of drug-likeness (QED) is 0.453. The molecular weight excluding hydrogens is 144 g/mol. The Balaban J connectivity index is 4.03. The normalized spacial score (nSPS) is 11.9. The average molecular weight is 156 g/mol. The van der Waals surface area contributed by atoms with Crippen LogP contribution in [-0.4, -0.2) is 17.9 Å². The van der Waals surface area contributed by atoms with E-state index in [9.17, 15) is 9.59 Å². The Hall–Kier alpha value is -1.12. The fraction of sp³-hybridized carbons (Fsp3) is 0.500. The molecule has 0 aromatic rings. The molecule has 1 atom stereocenters. The number of hydrogen-bond acceptors (Lipinski definition) is 3. The maximum absolute atomic E-state index is 11.0. The highest BCUT2D eigenvalue weighted by Crippen LogP contribution is 2.00. The first-order valence-electron chi connectivity index (χ1n) is 3.32. The molecule has 0 bridgehead atoms. The van der Waals surface area contributed by atoms with Gasteiger partial charge in [-0.05, 0) is 19.4 Å². The molecular formula is C8H12O3. The molecule has 0 radical (unpaired) electrons. The first-order valence-corrected chi connectivity index (χ1v) is 3.32. The molecule has 0 N–H and O–H groups in total. The van der Waals surface area contributed by atoms with E-state index in [2.05, 4.69) is 11.3 Å². The van der Waals surface area contributed by atoms with Crippen LogP contribution in [0.1, 0.15) is 20.8 Å². The van der Waals surface area contributed by atoms with Crippen LogP contribution in [-0.2, 0) is 14.3 Å². The van der Waals surface area contributed by atoms with Gasteiger partial charge >= 0.3 is 5.97 Å². The summed E-state index contributed by atoms with van der Waals surface area (Å²) in [5, 5.41) is 0. The van der Waals surface area contributed by atoms with Gasteiger partial charge < -0.3 is 4.74 Å². The highest BCUT2D eigenvalue weighted by molar-refractivity contribution is 5.98. The lowest BCUT2D eigenvalue weighted by Crippen LogP contribution is -2.23. The Bertz CT molecular complexity index is 194. The van der Waals surface area contributed by atoms with Crippen molar-refractivity contribution < 1.29 is 14.3 Å². The molecule has 0 aliphatic rings. The van der Waals surface area contributed by atoms with Gasteiger partial charge in [-0.1, -0.05) is 6.58 Å². The standard InChI is InChI=1S/C8H12O3/c1-5(2)8(10)6(3)11-7(4)9/h6H,1H2,2-4H3/t6-/m1/s1. The van der Waals surface area contributed by atoms with Crippen LogP contribution in [0.15, 0.2) is 12.2 Å². The van der Waals surface area contributed by atoms with Crippen LogP contribution in [0.25, 0.3) is 0 Å². The van der Waals surface area contributed by atoms with Crippen molar-refractivity contribution in [2.45, 2.75) is 26.9 Å². The summed E-state index contributed by atoms with van der Waals surface area (Å²) in [7, 11) is 0. The van der Waals surface area contributed by atoms with Crippen molar-refractivity contribution in [2.75, 3.05) is 0 Å². The summed E-state index contributed by atoms with van der Waals surface area (Å²) in [4.78, 5) is 21.4. The van der Waals surface area contributed by atoms with Gasteiger partial charge in [-0.25, -0.2) is 0 Å². The number of rotatable bonds is 3. The molecule has 0 aliphatic carbocycles. The van der Waals surface area contributed by atoms with E-state index in [-0.39, 0.29) is 5.78 Å². The maximum Gasteiger partial charge on any atom is 0.303 e. The minimum Gasteiger partial charge on any atom is -0.454 e. The third kappa shape index (κ3) is 3.55. The fourth-order valence-electron chi connectivity index (χ4n) is 0.649. The second kappa shape index (κ2) is 3.91. The van der Waals surface area contributed by atoms with Gasteiger partial charge in [0.15, 0.2) is 11.9 Å². The SMILES string of the molecule is C=C(C)C(=O)[C@@H](C)OC(C)=O. The number of Topliss-reactive ketones (excluding diaryl/α,β-unsaturated/α-hetero) is 1. The van der Waals surface area contributed by atoms with Gasteiger partial charge in [0.2, 0.25) is 0 Å². The highest BCUT2D eigenvalue weighted by atomic mass is 16.5. The predicted molar refractivity (Wildman–Crippen MR) is 41.0 cm³/mol. The zero-order chi connectivity index (χ0) is 9.02. The molecule has 11 heavy (non-hydrogen) atoms. The Labute approximate surface area is 66.0 Å². The number of hydrogen-bond donors (Lipinski definition) is 0. The number of carbonyl (C=O) groups is 2. The van der Waals surface area contributed by atoms with Crippen LogP contribution in [0.2, 0.25) is 0 Å². The largest absolute Gasteiger partial charge is 0.454 e. The van der Waals surface area contributed by atoms with Gasteiger partial charge in [-0.15, -0.1) is 0 Å². The summed E-state index contributed by atoms with van der Waals surface area (Å²) in [5.74, 6) is -0.688. The van der Waals surface area contributed by atoms with Crippen LogP contribution in [0.4, 0.5) is 0 Å². The molecule has 0 aliphatic heterocycles. The smallest absolute Gasteiger partial charge is 0.303 e. The highest BCUT2D eigenvalue weighted by Gasteiger charge is 2.15. The van der Waals surface area contributed by atoms with Crippen LogP contribution in [0.3, 0.4) is 0 Å². The second-order valence-electron chi connectivity index (χ2n) is 2.40. The Morgan fingerprint density at radius 1 is 1.36 bits per heavy atom.